The number of nitrogens with zero attached hydrogens (tertiary/aromatic N) is 1. The first-order chi connectivity index (χ1) is 11.8. The Labute approximate surface area is 142 Å². The number of carbonyl (C=O) groups is 1. The van der Waals surface area contributed by atoms with Gasteiger partial charge in [-0.1, -0.05) is 19.3 Å². The molecule has 1 saturated carbocycles. The first-order valence-corrected chi connectivity index (χ1v) is 8.90. The summed E-state index contributed by atoms with van der Waals surface area (Å²) in [4.78, 5) is 15.2. The molecule has 0 N–H and O–H groups in total. The van der Waals surface area contributed by atoms with Gasteiger partial charge in [-0.15, -0.1) is 0 Å². The Hall–Kier alpha value is -2.23. The number of ether oxygens (including phenoxy) is 1. The summed E-state index contributed by atoms with van der Waals surface area (Å²) in [7, 11) is 0. The quantitative estimate of drug-likeness (QED) is 0.846. The van der Waals surface area contributed by atoms with Gasteiger partial charge in [0.2, 0.25) is 0 Å². The maximum atomic E-state index is 13.2. The van der Waals surface area contributed by atoms with Crippen LogP contribution < -0.4 is 4.74 Å². The highest BCUT2D eigenvalue weighted by Gasteiger charge is 2.28. The summed E-state index contributed by atoms with van der Waals surface area (Å²) in [5, 5.41) is 0. The van der Waals surface area contributed by atoms with Gasteiger partial charge in [-0.25, -0.2) is 0 Å². The van der Waals surface area contributed by atoms with Crippen molar-refractivity contribution in [1.29, 1.82) is 0 Å². The van der Waals surface area contributed by atoms with Crippen molar-refractivity contribution in [3.05, 3.63) is 53.5 Å². The first kappa shape index (κ1) is 15.3. The molecule has 2 aliphatic rings. The van der Waals surface area contributed by atoms with Gasteiger partial charge in [-0.3, -0.25) is 4.79 Å². The lowest BCUT2D eigenvalue weighted by Crippen LogP contribution is -2.40. The number of hydrogen-bond donors (Lipinski definition) is 0. The van der Waals surface area contributed by atoms with E-state index in [1.807, 2.05) is 35.2 Å². The average Bonchev–Trinajstić information content (AvgIpc) is 3.30. The van der Waals surface area contributed by atoms with Crippen molar-refractivity contribution in [3.8, 4) is 5.75 Å². The van der Waals surface area contributed by atoms with Gasteiger partial charge >= 0.3 is 0 Å². The Morgan fingerprint density at radius 3 is 2.83 bits per heavy atom. The molecule has 1 aromatic heterocycles. The maximum absolute atomic E-state index is 13.2. The van der Waals surface area contributed by atoms with Crippen LogP contribution in [0.15, 0.2) is 41.0 Å². The average molecular weight is 325 g/mol. The van der Waals surface area contributed by atoms with E-state index < -0.39 is 0 Å². The number of fused-ring (bicyclic) bond motifs is 1. The van der Waals surface area contributed by atoms with Crippen molar-refractivity contribution >= 4 is 5.91 Å². The molecular formula is C20H23NO3. The van der Waals surface area contributed by atoms with Gasteiger partial charge in [0.05, 0.1) is 19.4 Å². The van der Waals surface area contributed by atoms with Gasteiger partial charge in [0.15, 0.2) is 0 Å². The van der Waals surface area contributed by atoms with E-state index in [0.717, 1.165) is 41.9 Å². The Balaban J connectivity index is 1.60. The lowest BCUT2D eigenvalue weighted by atomic mass is 9.93. The number of amides is 1. The molecule has 4 nitrogen and oxygen atoms in total. The van der Waals surface area contributed by atoms with Gasteiger partial charge in [0, 0.05) is 18.0 Å². The molecule has 0 unspecified atom stereocenters. The Bertz CT molecular complexity index is 702. The van der Waals surface area contributed by atoms with Crippen LogP contribution in [0.4, 0.5) is 0 Å². The highest BCUT2D eigenvalue weighted by Crippen LogP contribution is 2.29. The van der Waals surface area contributed by atoms with Crippen LogP contribution in [0.5, 0.6) is 5.75 Å². The van der Waals surface area contributed by atoms with E-state index in [1.54, 1.807) is 6.26 Å². The minimum atomic E-state index is 0.105. The van der Waals surface area contributed by atoms with Crippen LogP contribution in [0.1, 0.15) is 53.8 Å². The van der Waals surface area contributed by atoms with E-state index in [0.29, 0.717) is 19.2 Å². The highest BCUT2D eigenvalue weighted by atomic mass is 16.5. The predicted octanol–water partition coefficient (Wildman–Crippen LogP) is 4.19. The Morgan fingerprint density at radius 2 is 2.04 bits per heavy atom. The van der Waals surface area contributed by atoms with E-state index in [2.05, 4.69) is 0 Å². The zero-order valence-corrected chi connectivity index (χ0v) is 13.9. The van der Waals surface area contributed by atoms with Crippen molar-refractivity contribution < 1.29 is 13.9 Å². The third-order valence-electron chi connectivity index (χ3n) is 5.12. The zero-order valence-electron chi connectivity index (χ0n) is 13.9. The Morgan fingerprint density at radius 1 is 1.17 bits per heavy atom. The summed E-state index contributed by atoms with van der Waals surface area (Å²) in [6, 6.07) is 9.96. The molecule has 4 heteroatoms. The highest BCUT2D eigenvalue weighted by molar-refractivity contribution is 5.94. The summed E-state index contributed by atoms with van der Waals surface area (Å²) in [6.45, 7) is 1.26. The lowest BCUT2D eigenvalue weighted by Gasteiger charge is -2.34. The van der Waals surface area contributed by atoms with Crippen LogP contribution in [-0.2, 0) is 13.0 Å². The van der Waals surface area contributed by atoms with Crippen LogP contribution in [-0.4, -0.2) is 23.5 Å². The molecule has 0 radical (unpaired) electrons. The van der Waals surface area contributed by atoms with Gasteiger partial charge in [-0.05, 0) is 48.7 Å². The molecular weight excluding hydrogens is 302 g/mol. The molecule has 0 bridgehead atoms. The minimum Gasteiger partial charge on any atom is -0.493 e. The fraction of sp³-hybridized carbons (Fsp3) is 0.450. The Kier molecular flexibility index (Phi) is 4.28. The second-order valence-electron chi connectivity index (χ2n) is 6.73. The fourth-order valence-corrected chi connectivity index (χ4v) is 3.82. The molecule has 1 fully saturated rings. The van der Waals surface area contributed by atoms with Crippen LogP contribution in [0, 0.1) is 0 Å². The number of benzene rings is 1. The van der Waals surface area contributed by atoms with Crippen molar-refractivity contribution in [2.45, 2.75) is 51.1 Å². The number of furan rings is 1. The number of carbonyl (C=O) groups excluding carboxylic acids is 1. The summed E-state index contributed by atoms with van der Waals surface area (Å²) >= 11 is 0. The molecule has 1 aromatic carbocycles. The third-order valence-corrected chi connectivity index (χ3v) is 5.12. The minimum absolute atomic E-state index is 0.105. The van der Waals surface area contributed by atoms with E-state index >= 15 is 0 Å². The van der Waals surface area contributed by atoms with E-state index in [4.69, 9.17) is 9.15 Å². The largest absolute Gasteiger partial charge is 0.493 e. The van der Waals surface area contributed by atoms with E-state index in [1.165, 1.54) is 19.3 Å². The third kappa shape index (κ3) is 3.05. The molecule has 0 spiro atoms. The van der Waals surface area contributed by atoms with Gasteiger partial charge in [-0.2, -0.15) is 0 Å². The summed E-state index contributed by atoms with van der Waals surface area (Å²) < 4.78 is 11.1. The SMILES string of the molecule is O=C(c1ccc2c(c1)CCO2)N(Cc1ccco1)C1CCCCC1. The second kappa shape index (κ2) is 6.71. The van der Waals surface area contributed by atoms with Crippen molar-refractivity contribution in [2.75, 3.05) is 6.61 Å². The first-order valence-electron chi connectivity index (χ1n) is 8.90. The molecule has 126 valence electrons. The van der Waals surface area contributed by atoms with E-state index in [9.17, 15) is 4.79 Å². The van der Waals surface area contributed by atoms with E-state index in [-0.39, 0.29) is 5.91 Å². The van der Waals surface area contributed by atoms with Crippen LogP contribution in [0.25, 0.3) is 0 Å². The van der Waals surface area contributed by atoms with Gasteiger partial charge in [0.1, 0.15) is 11.5 Å². The smallest absolute Gasteiger partial charge is 0.254 e. The van der Waals surface area contributed by atoms with Gasteiger partial charge < -0.3 is 14.1 Å². The molecule has 1 aliphatic heterocycles. The van der Waals surface area contributed by atoms with Crippen LogP contribution in [0.2, 0.25) is 0 Å². The predicted molar refractivity (Wildman–Crippen MR) is 91.1 cm³/mol. The van der Waals surface area contributed by atoms with Crippen molar-refractivity contribution in [2.24, 2.45) is 0 Å². The molecule has 0 saturated heterocycles. The second-order valence-corrected chi connectivity index (χ2v) is 6.73. The molecule has 4 rings (SSSR count). The normalized spacial score (nSPS) is 17.3. The van der Waals surface area contributed by atoms with Gasteiger partial charge in [0.25, 0.3) is 5.91 Å². The topological polar surface area (TPSA) is 42.7 Å². The summed E-state index contributed by atoms with van der Waals surface area (Å²) in [5.74, 6) is 1.87. The lowest BCUT2D eigenvalue weighted by molar-refractivity contribution is 0.0596. The summed E-state index contributed by atoms with van der Waals surface area (Å²) in [6.07, 6.45) is 8.40. The number of hydrogen-bond acceptors (Lipinski definition) is 3. The maximum Gasteiger partial charge on any atom is 0.254 e. The molecule has 2 aromatic rings. The molecule has 0 atom stereocenters. The molecule has 1 aliphatic carbocycles. The van der Waals surface area contributed by atoms with Crippen LogP contribution in [0.3, 0.4) is 0 Å². The van der Waals surface area contributed by atoms with Crippen molar-refractivity contribution in [1.82, 2.24) is 4.90 Å². The molecule has 1 amide bonds. The fourth-order valence-electron chi connectivity index (χ4n) is 3.82. The molecule has 2 heterocycles. The standard InChI is InChI=1S/C20H23NO3/c22-20(16-8-9-19-15(13-16)10-12-24-19)21(14-18-7-4-11-23-18)17-5-2-1-3-6-17/h4,7-9,11,13,17H,1-3,5-6,10,12,14H2. The zero-order chi connectivity index (χ0) is 16.4. The van der Waals surface area contributed by atoms with Crippen molar-refractivity contribution in [3.63, 3.8) is 0 Å². The van der Waals surface area contributed by atoms with Crippen LogP contribution >= 0.6 is 0 Å². The number of rotatable bonds is 4. The summed E-state index contributed by atoms with van der Waals surface area (Å²) in [5.41, 5.74) is 1.90. The monoisotopic (exact) mass is 325 g/mol. The molecule has 24 heavy (non-hydrogen) atoms.